The Labute approximate surface area is 265 Å². The zero-order chi connectivity index (χ0) is 31.4. The minimum absolute atomic E-state index is 0.444. The fourth-order valence-electron chi connectivity index (χ4n) is 5.66. The van der Waals surface area contributed by atoms with Crippen molar-refractivity contribution in [3.05, 3.63) is 120 Å². The number of fused-ring (bicyclic) bond motifs is 2. The summed E-state index contributed by atoms with van der Waals surface area (Å²) in [6.45, 7) is 6.85. The monoisotopic (exact) mass is 611 g/mol. The molecule has 7 nitrogen and oxygen atoms in total. The number of nitrogens with zero attached hydrogens (tertiary/aromatic N) is 4. The molecule has 3 aromatic carbocycles. The zero-order valence-corrected chi connectivity index (χ0v) is 27.1. The van der Waals surface area contributed by atoms with Crippen molar-refractivity contribution >= 4 is 30.5 Å². The van der Waals surface area contributed by atoms with E-state index in [2.05, 4.69) is 78.6 Å². The molecular formula is C37H37N5O2Si. The third kappa shape index (κ3) is 6.05. The van der Waals surface area contributed by atoms with Crippen LogP contribution < -0.4 is 20.2 Å². The first-order valence-electron chi connectivity index (χ1n) is 15.4. The summed E-state index contributed by atoms with van der Waals surface area (Å²) >= 11 is 0. The summed E-state index contributed by atoms with van der Waals surface area (Å²) < 4.78 is 11.5. The van der Waals surface area contributed by atoms with Crippen molar-refractivity contribution in [3.8, 4) is 28.7 Å². The molecule has 0 amide bonds. The van der Waals surface area contributed by atoms with Crippen LogP contribution in [0, 0.1) is 11.5 Å². The number of nitrogens with two attached hydrogens (primary N) is 1. The lowest BCUT2D eigenvalue weighted by Gasteiger charge is -2.33. The molecule has 0 saturated heterocycles. The van der Waals surface area contributed by atoms with Crippen molar-refractivity contribution in [1.29, 1.82) is 0 Å². The Morgan fingerprint density at radius 3 is 2.31 bits per heavy atom. The van der Waals surface area contributed by atoms with Crippen molar-refractivity contribution in [2.75, 3.05) is 12.1 Å². The highest BCUT2D eigenvalue weighted by molar-refractivity contribution is 6.87. The number of rotatable bonds is 8. The fourth-order valence-corrected chi connectivity index (χ4v) is 8.10. The molecule has 3 heterocycles. The van der Waals surface area contributed by atoms with Crippen molar-refractivity contribution in [3.63, 3.8) is 0 Å². The lowest BCUT2D eigenvalue weighted by Crippen LogP contribution is -2.36. The number of anilines is 1. The molecule has 0 saturated carbocycles. The highest BCUT2D eigenvalue weighted by Gasteiger charge is 2.28. The molecule has 1 atom stereocenters. The first kappa shape index (κ1) is 30.1. The van der Waals surface area contributed by atoms with Crippen LogP contribution >= 0.6 is 0 Å². The summed E-state index contributed by atoms with van der Waals surface area (Å²) in [5.41, 5.74) is 17.7. The molecule has 2 N–H and O–H groups in total. The molecule has 5 aromatic rings. The van der Waals surface area contributed by atoms with Crippen LogP contribution in [0.15, 0.2) is 102 Å². The van der Waals surface area contributed by atoms with Crippen LogP contribution in [0.1, 0.15) is 49.2 Å². The standard InChI is InChI=1S/C37H37N5O2Si/c1-5-45(6-2,7-3)23-21-26-12-14-27(15-13-26)35-31-10-8-9-11-32(31)37(38)42(41-35)28-16-18-29(19-17-28)44-34-20-22-39-33-24-30(43-4)25-40-36(33)34/h8-20,22,24-25,37H,5-7,38H2,1-4H3. The van der Waals surface area contributed by atoms with Crippen LogP contribution in [0.3, 0.4) is 0 Å². The summed E-state index contributed by atoms with van der Waals surface area (Å²) in [5.74, 6) is 5.40. The van der Waals surface area contributed by atoms with Gasteiger partial charge >= 0.3 is 0 Å². The first-order valence-corrected chi connectivity index (χ1v) is 18.0. The van der Waals surface area contributed by atoms with Crippen molar-refractivity contribution < 1.29 is 9.47 Å². The van der Waals surface area contributed by atoms with Gasteiger partial charge in [-0.3, -0.25) is 4.98 Å². The number of hydrogen-bond acceptors (Lipinski definition) is 7. The zero-order valence-electron chi connectivity index (χ0n) is 26.1. The van der Waals surface area contributed by atoms with Gasteiger partial charge in [-0.2, -0.15) is 5.10 Å². The van der Waals surface area contributed by atoms with Gasteiger partial charge in [0.15, 0.2) is 5.75 Å². The van der Waals surface area contributed by atoms with E-state index >= 15 is 0 Å². The maximum atomic E-state index is 6.80. The number of ether oxygens (including phenoxy) is 2. The molecule has 0 radical (unpaired) electrons. The van der Waals surface area contributed by atoms with E-state index in [9.17, 15) is 0 Å². The van der Waals surface area contributed by atoms with E-state index in [-0.39, 0.29) is 0 Å². The van der Waals surface area contributed by atoms with Gasteiger partial charge < -0.3 is 15.2 Å². The summed E-state index contributed by atoms with van der Waals surface area (Å²) in [5, 5.41) is 6.96. The molecule has 0 bridgehead atoms. The largest absolute Gasteiger partial charge is 0.495 e. The van der Waals surface area contributed by atoms with Gasteiger partial charge in [-0.05, 0) is 54.5 Å². The van der Waals surface area contributed by atoms with Crippen molar-refractivity contribution in [2.45, 2.75) is 45.1 Å². The average Bonchev–Trinajstić information content (AvgIpc) is 3.10. The minimum atomic E-state index is -1.51. The number of hydrazone groups is 1. The van der Waals surface area contributed by atoms with E-state index in [4.69, 9.17) is 20.3 Å². The molecule has 2 aromatic heterocycles. The average molecular weight is 612 g/mol. The molecule has 0 spiro atoms. The van der Waals surface area contributed by atoms with E-state index in [1.165, 1.54) is 18.1 Å². The number of pyridine rings is 2. The Morgan fingerprint density at radius 2 is 1.60 bits per heavy atom. The predicted molar refractivity (Wildman–Crippen MR) is 185 cm³/mol. The third-order valence-corrected chi connectivity index (χ3v) is 13.5. The van der Waals surface area contributed by atoms with Crippen molar-refractivity contribution in [1.82, 2.24) is 9.97 Å². The Hall–Kier alpha value is -4.97. The lowest BCUT2D eigenvalue weighted by atomic mass is 9.94. The fraction of sp³-hybridized carbons (Fsp3) is 0.216. The Bertz CT molecular complexity index is 1900. The normalized spacial score (nSPS) is 14.3. The van der Waals surface area contributed by atoms with Gasteiger partial charge in [-0.1, -0.05) is 63.1 Å². The van der Waals surface area contributed by atoms with Crippen LogP contribution in [0.4, 0.5) is 5.69 Å². The summed E-state index contributed by atoms with van der Waals surface area (Å²) in [6.07, 6.45) is 2.91. The van der Waals surface area contributed by atoms with Gasteiger partial charge in [0.2, 0.25) is 0 Å². The smallest absolute Gasteiger partial charge is 0.156 e. The molecule has 0 aliphatic carbocycles. The topological polar surface area (TPSA) is 85.9 Å². The van der Waals surface area contributed by atoms with Crippen LogP contribution in [0.25, 0.3) is 11.0 Å². The lowest BCUT2D eigenvalue weighted by molar-refractivity contribution is 0.413. The van der Waals surface area contributed by atoms with Crippen molar-refractivity contribution in [2.24, 2.45) is 10.8 Å². The van der Waals surface area contributed by atoms with Gasteiger partial charge in [0.05, 0.1) is 30.2 Å². The quantitative estimate of drug-likeness (QED) is 0.141. The molecule has 1 aliphatic rings. The number of benzene rings is 3. The second kappa shape index (κ2) is 12.9. The van der Waals surface area contributed by atoms with Crippen LogP contribution in [0.5, 0.6) is 17.2 Å². The SMILES string of the molecule is CC[Si](C#Cc1ccc(C2=NN(c3ccc(Oc4ccnc5cc(OC)cnc45)cc3)C(N)c3ccccc32)cc1)(CC)CC. The van der Waals surface area contributed by atoms with Gasteiger partial charge in [-0.25, -0.2) is 9.99 Å². The molecule has 1 aliphatic heterocycles. The van der Waals surface area contributed by atoms with E-state index < -0.39 is 14.2 Å². The second-order valence-corrected chi connectivity index (χ2v) is 16.1. The molecule has 6 rings (SSSR count). The van der Waals surface area contributed by atoms with E-state index in [1.807, 2.05) is 47.5 Å². The third-order valence-electron chi connectivity index (χ3n) is 8.75. The number of hydrogen-bond donors (Lipinski definition) is 1. The van der Waals surface area contributed by atoms with Crippen LogP contribution in [-0.2, 0) is 0 Å². The summed E-state index contributed by atoms with van der Waals surface area (Å²) in [7, 11) is 0.0908. The highest BCUT2D eigenvalue weighted by Crippen LogP contribution is 2.35. The highest BCUT2D eigenvalue weighted by atomic mass is 28.3. The molecule has 45 heavy (non-hydrogen) atoms. The summed E-state index contributed by atoms with van der Waals surface area (Å²) in [4.78, 5) is 8.88. The van der Waals surface area contributed by atoms with Gasteiger partial charge in [0, 0.05) is 40.6 Å². The summed E-state index contributed by atoms with van der Waals surface area (Å²) in [6, 6.07) is 31.6. The number of methoxy groups -OCH3 is 1. The molecular weight excluding hydrogens is 575 g/mol. The molecule has 8 heteroatoms. The molecule has 226 valence electrons. The van der Waals surface area contributed by atoms with E-state index in [0.717, 1.165) is 33.7 Å². The Morgan fingerprint density at radius 1 is 0.867 bits per heavy atom. The maximum Gasteiger partial charge on any atom is 0.156 e. The minimum Gasteiger partial charge on any atom is -0.495 e. The Kier molecular flexibility index (Phi) is 8.65. The van der Waals surface area contributed by atoms with Crippen LogP contribution in [-0.4, -0.2) is 30.9 Å². The van der Waals surface area contributed by atoms with Gasteiger partial charge in [0.25, 0.3) is 0 Å². The van der Waals surface area contributed by atoms with Gasteiger partial charge in [0.1, 0.15) is 31.3 Å². The number of aromatic nitrogens is 2. The van der Waals surface area contributed by atoms with Gasteiger partial charge in [-0.15, -0.1) is 5.54 Å². The molecule has 1 unspecified atom stereocenters. The Balaban J connectivity index is 1.29. The van der Waals surface area contributed by atoms with Crippen LogP contribution in [0.2, 0.25) is 18.1 Å². The van der Waals surface area contributed by atoms with E-state index in [0.29, 0.717) is 28.3 Å². The molecule has 0 fully saturated rings. The van der Waals surface area contributed by atoms with E-state index in [1.54, 1.807) is 25.6 Å². The maximum absolute atomic E-state index is 6.80. The predicted octanol–water partition coefficient (Wildman–Crippen LogP) is 8.06. The second-order valence-electron chi connectivity index (χ2n) is 11.1. The first-order chi connectivity index (χ1) is 22.0.